The minimum absolute atomic E-state index is 0.0374. The van der Waals surface area contributed by atoms with Crippen molar-refractivity contribution in [2.45, 2.75) is 167 Å². The number of hydrogen-bond acceptors (Lipinski definition) is 4. The summed E-state index contributed by atoms with van der Waals surface area (Å²) in [6.07, 6.45) is 22.1. The quantitative estimate of drug-likeness (QED) is 0.116. The number of carbonyl (C=O) groups is 1. The number of hydrogen-bond donors (Lipinski definition) is 4. The number of amides is 1. The lowest BCUT2D eigenvalue weighted by atomic mass is 10.0. The first-order chi connectivity index (χ1) is 16.0. The van der Waals surface area contributed by atoms with Crippen molar-refractivity contribution < 1.29 is 20.1 Å². The van der Waals surface area contributed by atoms with E-state index in [1.165, 1.54) is 89.9 Å². The average Bonchev–Trinajstić information content (AvgIpc) is 2.80. The SMILES string of the molecule is CCCCCCCCCCCCCCCC(O)C(CO)NC(=O)CC(O)CCCCCCC. The van der Waals surface area contributed by atoms with E-state index < -0.39 is 18.2 Å². The van der Waals surface area contributed by atoms with E-state index in [0.717, 1.165) is 25.7 Å². The third-order valence-electron chi connectivity index (χ3n) is 6.67. The Morgan fingerprint density at radius 3 is 1.45 bits per heavy atom. The van der Waals surface area contributed by atoms with Crippen molar-refractivity contribution in [2.75, 3.05) is 6.61 Å². The molecule has 0 saturated heterocycles. The molecule has 0 heterocycles. The predicted molar refractivity (Wildman–Crippen MR) is 139 cm³/mol. The summed E-state index contributed by atoms with van der Waals surface area (Å²) in [6, 6.07) is -0.647. The molecule has 4 N–H and O–H groups in total. The van der Waals surface area contributed by atoms with E-state index in [4.69, 9.17) is 0 Å². The number of nitrogens with one attached hydrogen (secondary N) is 1. The molecule has 0 aliphatic rings. The first-order valence-electron chi connectivity index (χ1n) is 14.3. The lowest BCUT2D eigenvalue weighted by molar-refractivity contribution is -0.125. The van der Waals surface area contributed by atoms with E-state index in [9.17, 15) is 20.1 Å². The lowest BCUT2D eigenvalue weighted by Crippen LogP contribution is -2.46. The molecule has 0 rings (SSSR count). The molecule has 0 aliphatic carbocycles. The predicted octanol–water partition coefficient (Wildman–Crippen LogP) is 6.42. The Morgan fingerprint density at radius 1 is 0.636 bits per heavy atom. The minimum Gasteiger partial charge on any atom is -0.394 e. The van der Waals surface area contributed by atoms with Crippen LogP contribution in [-0.2, 0) is 4.79 Å². The van der Waals surface area contributed by atoms with Gasteiger partial charge < -0.3 is 20.6 Å². The third-order valence-corrected chi connectivity index (χ3v) is 6.67. The van der Waals surface area contributed by atoms with Crippen molar-refractivity contribution in [1.82, 2.24) is 5.32 Å². The highest BCUT2D eigenvalue weighted by Crippen LogP contribution is 2.14. The van der Waals surface area contributed by atoms with Crippen molar-refractivity contribution in [3.8, 4) is 0 Å². The summed E-state index contributed by atoms with van der Waals surface area (Å²) in [7, 11) is 0. The number of aliphatic hydroxyl groups is 3. The Labute approximate surface area is 205 Å². The molecule has 0 aliphatic heterocycles. The maximum atomic E-state index is 12.2. The van der Waals surface area contributed by atoms with E-state index in [2.05, 4.69) is 19.2 Å². The van der Waals surface area contributed by atoms with Crippen LogP contribution in [0.15, 0.2) is 0 Å². The molecule has 3 atom stereocenters. The zero-order valence-electron chi connectivity index (χ0n) is 22.0. The van der Waals surface area contributed by atoms with Gasteiger partial charge >= 0.3 is 0 Å². The second kappa shape index (κ2) is 24.5. The molecule has 0 bridgehead atoms. The normalized spacial score (nSPS) is 14.2. The van der Waals surface area contributed by atoms with Crippen LogP contribution in [-0.4, -0.2) is 46.1 Å². The Morgan fingerprint density at radius 2 is 1.03 bits per heavy atom. The largest absolute Gasteiger partial charge is 0.394 e. The number of rotatable bonds is 25. The van der Waals surface area contributed by atoms with Crippen LogP contribution in [0.5, 0.6) is 0 Å². The number of aliphatic hydroxyl groups excluding tert-OH is 3. The summed E-state index contributed by atoms with van der Waals surface area (Å²) in [4.78, 5) is 12.2. The summed E-state index contributed by atoms with van der Waals surface area (Å²) >= 11 is 0. The van der Waals surface area contributed by atoms with Crippen molar-refractivity contribution in [3.05, 3.63) is 0 Å². The second-order valence-corrected chi connectivity index (χ2v) is 10.0. The van der Waals surface area contributed by atoms with Crippen LogP contribution in [0.2, 0.25) is 0 Å². The van der Waals surface area contributed by atoms with Gasteiger partial charge in [-0.05, 0) is 12.8 Å². The van der Waals surface area contributed by atoms with Gasteiger partial charge in [-0.2, -0.15) is 0 Å². The summed E-state index contributed by atoms with van der Waals surface area (Å²) in [5, 5.41) is 32.7. The van der Waals surface area contributed by atoms with Crippen molar-refractivity contribution in [2.24, 2.45) is 0 Å². The van der Waals surface area contributed by atoms with Crippen molar-refractivity contribution in [3.63, 3.8) is 0 Å². The van der Waals surface area contributed by atoms with Crippen LogP contribution in [0.3, 0.4) is 0 Å². The zero-order chi connectivity index (χ0) is 24.6. The van der Waals surface area contributed by atoms with Crippen LogP contribution < -0.4 is 5.32 Å². The third kappa shape index (κ3) is 21.6. The average molecular weight is 472 g/mol. The van der Waals surface area contributed by atoms with Crippen molar-refractivity contribution in [1.29, 1.82) is 0 Å². The molecule has 0 aromatic rings. The van der Waals surface area contributed by atoms with Gasteiger partial charge in [0.15, 0.2) is 0 Å². The maximum absolute atomic E-state index is 12.2. The second-order valence-electron chi connectivity index (χ2n) is 10.0. The fraction of sp³-hybridized carbons (Fsp3) is 0.964. The first-order valence-corrected chi connectivity index (χ1v) is 14.3. The maximum Gasteiger partial charge on any atom is 0.222 e. The van der Waals surface area contributed by atoms with Crippen molar-refractivity contribution >= 4 is 5.91 Å². The first kappa shape index (κ1) is 32.4. The molecule has 0 fully saturated rings. The van der Waals surface area contributed by atoms with Gasteiger partial charge in [-0.25, -0.2) is 0 Å². The van der Waals surface area contributed by atoms with Gasteiger partial charge in [0, 0.05) is 0 Å². The van der Waals surface area contributed by atoms with Gasteiger partial charge in [-0.3, -0.25) is 4.79 Å². The highest BCUT2D eigenvalue weighted by molar-refractivity contribution is 5.76. The van der Waals surface area contributed by atoms with Crippen LogP contribution in [0.1, 0.15) is 149 Å². The Hall–Kier alpha value is -0.650. The lowest BCUT2D eigenvalue weighted by Gasteiger charge is -2.23. The van der Waals surface area contributed by atoms with Crippen LogP contribution in [0.4, 0.5) is 0 Å². The highest BCUT2D eigenvalue weighted by Gasteiger charge is 2.21. The fourth-order valence-electron chi connectivity index (χ4n) is 4.40. The number of unbranched alkanes of at least 4 members (excludes halogenated alkanes) is 16. The Balaban J connectivity index is 3.71. The molecule has 0 aromatic heterocycles. The van der Waals surface area contributed by atoms with Gasteiger partial charge in [0.2, 0.25) is 5.91 Å². The summed E-state index contributed by atoms with van der Waals surface area (Å²) in [5.41, 5.74) is 0. The van der Waals surface area contributed by atoms with E-state index in [1.54, 1.807) is 0 Å². The zero-order valence-corrected chi connectivity index (χ0v) is 22.0. The Bertz CT molecular complexity index is 419. The Kier molecular flexibility index (Phi) is 24.0. The molecule has 3 unspecified atom stereocenters. The molecule has 0 radical (unpaired) electrons. The molecular weight excluding hydrogens is 414 g/mol. The van der Waals surface area contributed by atoms with Gasteiger partial charge in [0.25, 0.3) is 0 Å². The summed E-state index contributed by atoms with van der Waals surface area (Å²) < 4.78 is 0. The summed E-state index contributed by atoms with van der Waals surface area (Å²) in [5.74, 6) is -0.292. The molecular formula is C28H57NO4. The van der Waals surface area contributed by atoms with E-state index in [1.807, 2.05) is 0 Å². The van der Waals surface area contributed by atoms with E-state index >= 15 is 0 Å². The van der Waals surface area contributed by atoms with Crippen LogP contribution in [0.25, 0.3) is 0 Å². The van der Waals surface area contributed by atoms with Gasteiger partial charge in [0.05, 0.1) is 31.3 Å². The molecule has 5 nitrogen and oxygen atoms in total. The van der Waals surface area contributed by atoms with Crippen LogP contribution >= 0.6 is 0 Å². The molecule has 0 spiro atoms. The standard InChI is InChI=1S/C28H57NO4/c1-3-5-7-9-10-11-12-13-14-15-16-18-20-22-27(32)26(24-30)29-28(33)23-25(31)21-19-17-8-6-4-2/h25-27,30-32H,3-24H2,1-2H3,(H,29,33). The molecule has 0 aromatic carbocycles. The fourth-order valence-corrected chi connectivity index (χ4v) is 4.40. The smallest absolute Gasteiger partial charge is 0.222 e. The molecule has 33 heavy (non-hydrogen) atoms. The summed E-state index contributed by atoms with van der Waals surface area (Å²) in [6.45, 7) is 4.15. The van der Waals surface area contributed by atoms with E-state index in [0.29, 0.717) is 12.8 Å². The van der Waals surface area contributed by atoms with Gasteiger partial charge in [-0.15, -0.1) is 0 Å². The van der Waals surface area contributed by atoms with E-state index in [-0.39, 0.29) is 18.9 Å². The number of carbonyl (C=O) groups excluding carboxylic acids is 1. The highest BCUT2D eigenvalue weighted by atomic mass is 16.3. The molecule has 1 amide bonds. The minimum atomic E-state index is -0.738. The van der Waals surface area contributed by atoms with Gasteiger partial charge in [-0.1, -0.05) is 129 Å². The monoisotopic (exact) mass is 471 g/mol. The molecule has 0 saturated carbocycles. The molecule has 198 valence electrons. The molecule has 5 heteroatoms. The van der Waals surface area contributed by atoms with Crippen LogP contribution in [0, 0.1) is 0 Å². The van der Waals surface area contributed by atoms with Gasteiger partial charge in [0.1, 0.15) is 0 Å². The topological polar surface area (TPSA) is 89.8 Å².